The summed E-state index contributed by atoms with van der Waals surface area (Å²) in [5.41, 5.74) is 4.94. The molecule has 1 rings (SSSR count). The molecule has 1 aromatic rings. The van der Waals surface area contributed by atoms with Crippen molar-refractivity contribution in [2.45, 2.75) is 13.3 Å². The van der Waals surface area contributed by atoms with Gasteiger partial charge in [-0.2, -0.15) is 0 Å². The normalized spacial score (nSPS) is 9.69. The van der Waals surface area contributed by atoms with Gasteiger partial charge in [0.05, 0.1) is 12.1 Å². The Morgan fingerprint density at radius 1 is 1.62 bits per heavy atom. The van der Waals surface area contributed by atoms with Crippen molar-refractivity contribution in [2.24, 2.45) is 5.84 Å². The van der Waals surface area contributed by atoms with Crippen LogP contribution in [0.4, 0.5) is 5.69 Å². The van der Waals surface area contributed by atoms with Crippen molar-refractivity contribution in [3.8, 4) is 0 Å². The Hall–Kier alpha value is -1.55. The second-order valence-electron chi connectivity index (χ2n) is 2.80. The summed E-state index contributed by atoms with van der Waals surface area (Å²) in [6.07, 6.45) is 0.0291. The van der Waals surface area contributed by atoms with Crippen molar-refractivity contribution in [1.29, 1.82) is 0 Å². The van der Waals surface area contributed by atoms with Crippen LogP contribution in [-0.2, 0) is 11.2 Å². The summed E-state index contributed by atoms with van der Waals surface area (Å²) in [6, 6.07) is 5.37. The Bertz CT molecular complexity index is 323. The molecular formula is C9H12N2O2. The molecule has 0 fully saturated rings. The maximum atomic E-state index is 10.5. The fourth-order valence-corrected chi connectivity index (χ4v) is 1.19. The number of rotatable bonds is 3. The number of hydrogen-bond acceptors (Lipinski definition) is 3. The van der Waals surface area contributed by atoms with Crippen molar-refractivity contribution in [1.82, 2.24) is 0 Å². The van der Waals surface area contributed by atoms with Crippen LogP contribution in [0.1, 0.15) is 11.1 Å². The Balaban J connectivity index is 3.01. The maximum Gasteiger partial charge on any atom is 0.307 e. The Morgan fingerprint density at radius 2 is 2.31 bits per heavy atom. The second-order valence-corrected chi connectivity index (χ2v) is 2.80. The molecule has 0 aliphatic rings. The van der Waals surface area contributed by atoms with E-state index in [0.717, 1.165) is 16.8 Å². The largest absolute Gasteiger partial charge is 0.481 e. The maximum absolute atomic E-state index is 10.5. The number of hydrogen-bond donors (Lipinski definition) is 3. The molecule has 0 atom stereocenters. The standard InChI is InChI=1S/C9H12N2O2/c1-6-7(5-9(12)13)3-2-4-8(6)11-10/h2-4,11H,5,10H2,1H3,(H,12,13). The molecule has 4 heteroatoms. The molecule has 0 unspecified atom stereocenters. The van der Waals surface area contributed by atoms with E-state index in [9.17, 15) is 4.79 Å². The number of anilines is 1. The van der Waals surface area contributed by atoms with E-state index in [4.69, 9.17) is 10.9 Å². The minimum Gasteiger partial charge on any atom is -0.481 e. The smallest absolute Gasteiger partial charge is 0.307 e. The van der Waals surface area contributed by atoms with Gasteiger partial charge in [-0.25, -0.2) is 0 Å². The van der Waals surface area contributed by atoms with E-state index in [1.54, 1.807) is 18.2 Å². The highest BCUT2D eigenvalue weighted by atomic mass is 16.4. The van der Waals surface area contributed by atoms with Gasteiger partial charge in [-0.15, -0.1) is 0 Å². The molecule has 0 amide bonds. The van der Waals surface area contributed by atoms with Crippen LogP contribution in [0.15, 0.2) is 18.2 Å². The molecule has 0 saturated heterocycles. The molecule has 0 saturated carbocycles. The zero-order valence-electron chi connectivity index (χ0n) is 7.37. The number of hydrazine groups is 1. The minimum atomic E-state index is -0.836. The summed E-state index contributed by atoms with van der Waals surface area (Å²) in [4.78, 5) is 10.5. The zero-order chi connectivity index (χ0) is 9.84. The molecular weight excluding hydrogens is 168 g/mol. The molecule has 0 heterocycles. The van der Waals surface area contributed by atoms with Gasteiger partial charge in [0.15, 0.2) is 0 Å². The lowest BCUT2D eigenvalue weighted by atomic mass is 10.0. The molecule has 0 radical (unpaired) electrons. The summed E-state index contributed by atoms with van der Waals surface area (Å²) in [5.74, 6) is 4.42. The Labute approximate surface area is 76.3 Å². The number of nitrogens with one attached hydrogen (secondary N) is 1. The first-order valence-corrected chi connectivity index (χ1v) is 3.92. The first-order valence-electron chi connectivity index (χ1n) is 3.92. The second kappa shape index (κ2) is 3.91. The van der Waals surface area contributed by atoms with Gasteiger partial charge in [0, 0.05) is 0 Å². The topological polar surface area (TPSA) is 75.3 Å². The quantitative estimate of drug-likeness (QED) is 0.477. The van der Waals surface area contributed by atoms with E-state index in [0.29, 0.717) is 0 Å². The third kappa shape index (κ3) is 2.19. The lowest BCUT2D eigenvalue weighted by Gasteiger charge is -2.08. The van der Waals surface area contributed by atoms with Crippen LogP contribution in [0.5, 0.6) is 0 Å². The van der Waals surface area contributed by atoms with Crippen LogP contribution < -0.4 is 11.3 Å². The number of nitrogen functional groups attached to an aromatic ring is 1. The lowest BCUT2D eigenvalue weighted by Crippen LogP contribution is -2.10. The first kappa shape index (κ1) is 9.54. The molecule has 0 aliphatic carbocycles. The van der Waals surface area contributed by atoms with Gasteiger partial charge < -0.3 is 10.5 Å². The molecule has 0 aromatic heterocycles. The zero-order valence-corrected chi connectivity index (χ0v) is 7.37. The van der Waals surface area contributed by atoms with Crippen LogP contribution in [0.3, 0.4) is 0 Å². The molecule has 0 spiro atoms. The van der Waals surface area contributed by atoms with Crippen LogP contribution in [0.25, 0.3) is 0 Å². The molecule has 13 heavy (non-hydrogen) atoms. The predicted molar refractivity (Wildman–Crippen MR) is 50.3 cm³/mol. The lowest BCUT2D eigenvalue weighted by molar-refractivity contribution is -0.136. The highest BCUT2D eigenvalue weighted by molar-refractivity contribution is 5.72. The van der Waals surface area contributed by atoms with Crippen LogP contribution in [0.2, 0.25) is 0 Å². The Kier molecular flexibility index (Phi) is 2.87. The van der Waals surface area contributed by atoms with Gasteiger partial charge >= 0.3 is 5.97 Å². The summed E-state index contributed by atoms with van der Waals surface area (Å²) in [5, 5.41) is 8.60. The highest BCUT2D eigenvalue weighted by Crippen LogP contribution is 2.17. The number of nitrogens with two attached hydrogens (primary N) is 1. The highest BCUT2D eigenvalue weighted by Gasteiger charge is 2.05. The fraction of sp³-hybridized carbons (Fsp3) is 0.222. The molecule has 70 valence electrons. The van der Waals surface area contributed by atoms with Gasteiger partial charge in [0.2, 0.25) is 0 Å². The van der Waals surface area contributed by atoms with E-state index < -0.39 is 5.97 Å². The predicted octanol–water partition coefficient (Wildman–Crippen LogP) is 0.908. The summed E-state index contributed by atoms with van der Waals surface area (Å²) >= 11 is 0. The van der Waals surface area contributed by atoms with Crippen LogP contribution in [0, 0.1) is 6.92 Å². The Morgan fingerprint density at radius 3 is 2.85 bits per heavy atom. The van der Waals surface area contributed by atoms with Crippen molar-refractivity contribution >= 4 is 11.7 Å². The molecule has 0 bridgehead atoms. The summed E-state index contributed by atoms with van der Waals surface area (Å²) in [7, 11) is 0. The summed E-state index contributed by atoms with van der Waals surface area (Å²) < 4.78 is 0. The average molecular weight is 180 g/mol. The van der Waals surface area contributed by atoms with Crippen LogP contribution >= 0.6 is 0 Å². The van der Waals surface area contributed by atoms with Crippen molar-refractivity contribution < 1.29 is 9.90 Å². The summed E-state index contributed by atoms with van der Waals surface area (Å²) in [6.45, 7) is 1.84. The molecule has 4 nitrogen and oxygen atoms in total. The number of carboxylic acid groups (broad SMARTS) is 1. The minimum absolute atomic E-state index is 0.0291. The van der Waals surface area contributed by atoms with Gasteiger partial charge in [0.25, 0.3) is 0 Å². The van der Waals surface area contributed by atoms with Gasteiger partial charge in [-0.1, -0.05) is 12.1 Å². The van der Waals surface area contributed by atoms with Crippen molar-refractivity contribution in [3.63, 3.8) is 0 Å². The molecule has 0 aliphatic heterocycles. The van der Waals surface area contributed by atoms with E-state index in [1.807, 2.05) is 6.92 Å². The van der Waals surface area contributed by atoms with E-state index in [1.165, 1.54) is 0 Å². The van der Waals surface area contributed by atoms with Crippen LogP contribution in [-0.4, -0.2) is 11.1 Å². The number of carboxylic acids is 1. The molecule has 4 N–H and O–H groups in total. The molecule has 1 aromatic carbocycles. The van der Waals surface area contributed by atoms with E-state index >= 15 is 0 Å². The number of aliphatic carboxylic acids is 1. The first-order chi connectivity index (χ1) is 6.15. The monoisotopic (exact) mass is 180 g/mol. The van der Waals surface area contributed by atoms with E-state index in [-0.39, 0.29) is 6.42 Å². The van der Waals surface area contributed by atoms with Gasteiger partial charge in [-0.05, 0) is 24.1 Å². The number of benzene rings is 1. The fourth-order valence-electron chi connectivity index (χ4n) is 1.19. The average Bonchev–Trinajstić information content (AvgIpc) is 2.08. The number of carbonyl (C=O) groups is 1. The third-order valence-corrected chi connectivity index (χ3v) is 1.94. The van der Waals surface area contributed by atoms with Gasteiger partial charge in [-0.3, -0.25) is 10.6 Å². The van der Waals surface area contributed by atoms with Crippen molar-refractivity contribution in [2.75, 3.05) is 5.43 Å². The third-order valence-electron chi connectivity index (χ3n) is 1.94. The van der Waals surface area contributed by atoms with Gasteiger partial charge in [0.1, 0.15) is 0 Å². The van der Waals surface area contributed by atoms with Crippen molar-refractivity contribution in [3.05, 3.63) is 29.3 Å². The SMILES string of the molecule is Cc1c(CC(=O)O)cccc1NN. The van der Waals surface area contributed by atoms with E-state index in [2.05, 4.69) is 5.43 Å².